The van der Waals surface area contributed by atoms with Gasteiger partial charge in [0.2, 0.25) is 0 Å². The summed E-state index contributed by atoms with van der Waals surface area (Å²) in [5.41, 5.74) is 3.43. The number of amidine groups is 1. The van der Waals surface area contributed by atoms with Crippen LogP contribution in [0, 0.1) is 0 Å². The number of aliphatic imine (C=N–C) groups is 1. The van der Waals surface area contributed by atoms with Crippen LogP contribution in [0.1, 0.15) is 31.4 Å². The van der Waals surface area contributed by atoms with Crippen molar-refractivity contribution in [3.8, 4) is 0 Å². The number of rotatable bonds is 5. The van der Waals surface area contributed by atoms with Crippen molar-refractivity contribution in [3.05, 3.63) is 107 Å². The Bertz CT molecular complexity index is 997. The van der Waals surface area contributed by atoms with Crippen molar-refractivity contribution in [2.75, 3.05) is 0 Å². The molecule has 1 saturated heterocycles. The lowest BCUT2D eigenvalue weighted by Gasteiger charge is -2.36. The normalized spacial score (nSPS) is 21.8. The van der Waals surface area contributed by atoms with E-state index in [1.807, 2.05) is 18.2 Å². The predicted molar refractivity (Wildman–Crippen MR) is 126 cm³/mol. The second-order valence-electron chi connectivity index (χ2n) is 7.45. The van der Waals surface area contributed by atoms with Crippen molar-refractivity contribution in [1.29, 1.82) is 0 Å². The smallest absolute Gasteiger partial charge is 0.170 e. The molecule has 0 amide bonds. The molecule has 146 valence electrons. The zero-order chi connectivity index (χ0) is 20.1. The average Bonchev–Trinajstić information content (AvgIpc) is 3.02. The van der Waals surface area contributed by atoms with Crippen molar-refractivity contribution in [3.63, 3.8) is 0 Å². The highest BCUT2D eigenvalue weighted by Crippen LogP contribution is 2.47. The number of hydrogen-bond donors (Lipinski definition) is 0. The Morgan fingerprint density at radius 1 is 0.862 bits per heavy atom. The third kappa shape index (κ3) is 4.30. The Kier molecular flexibility index (Phi) is 5.86. The maximum Gasteiger partial charge on any atom is 0.170 e. The molecule has 1 unspecified atom stereocenters. The highest BCUT2D eigenvalue weighted by atomic mass is 32.2. The summed E-state index contributed by atoms with van der Waals surface area (Å²) in [6.45, 7) is 5.45. The second-order valence-corrected chi connectivity index (χ2v) is 8.46. The molecule has 2 nitrogen and oxygen atoms in total. The topological polar surface area (TPSA) is 15.6 Å². The minimum absolute atomic E-state index is 0.0933. The van der Waals surface area contributed by atoms with Gasteiger partial charge in [-0.2, -0.15) is 0 Å². The zero-order valence-electron chi connectivity index (χ0n) is 17.0. The molecule has 1 aliphatic rings. The van der Waals surface area contributed by atoms with E-state index in [-0.39, 0.29) is 5.54 Å². The monoisotopic (exact) mass is 398 g/mol. The first-order valence-electron chi connectivity index (χ1n) is 10.1. The van der Waals surface area contributed by atoms with Crippen LogP contribution < -0.4 is 0 Å². The van der Waals surface area contributed by atoms with E-state index >= 15 is 0 Å². The van der Waals surface area contributed by atoms with Gasteiger partial charge in [0.25, 0.3) is 0 Å². The van der Waals surface area contributed by atoms with Gasteiger partial charge in [0, 0.05) is 11.4 Å². The molecule has 3 heteroatoms. The molecule has 0 N–H and O–H groups in total. The highest BCUT2D eigenvalue weighted by Gasteiger charge is 2.43. The van der Waals surface area contributed by atoms with Crippen molar-refractivity contribution in [1.82, 2.24) is 4.90 Å². The summed E-state index contributed by atoms with van der Waals surface area (Å²) in [4.78, 5) is 8.85. The van der Waals surface area contributed by atoms with Gasteiger partial charge in [-0.3, -0.25) is 0 Å². The van der Waals surface area contributed by atoms with Crippen LogP contribution in [0.25, 0.3) is 6.08 Å². The Balaban J connectivity index is 1.78. The Hall–Kier alpha value is -2.78. The van der Waals surface area contributed by atoms with E-state index < -0.39 is 0 Å². The fraction of sp³-hybridized carbons (Fsp3) is 0.192. The lowest BCUT2D eigenvalue weighted by Crippen LogP contribution is -2.43. The van der Waals surface area contributed by atoms with E-state index in [4.69, 9.17) is 4.99 Å². The zero-order valence-corrected chi connectivity index (χ0v) is 17.8. The SMILES string of the molecule is CCC1(C)/C(=C/c2ccccc2)SC(=Nc2ccccc2)N1Cc1ccccc1. The summed E-state index contributed by atoms with van der Waals surface area (Å²) in [6, 6.07) is 31.5. The van der Waals surface area contributed by atoms with Crippen LogP contribution in [-0.4, -0.2) is 15.6 Å². The lowest BCUT2D eigenvalue weighted by atomic mass is 9.94. The molecule has 29 heavy (non-hydrogen) atoms. The van der Waals surface area contributed by atoms with Gasteiger partial charge in [0.1, 0.15) is 0 Å². The Morgan fingerprint density at radius 3 is 2.07 bits per heavy atom. The van der Waals surface area contributed by atoms with E-state index in [2.05, 4.69) is 97.6 Å². The first-order valence-corrected chi connectivity index (χ1v) is 10.9. The summed E-state index contributed by atoms with van der Waals surface area (Å²) in [7, 11) is 0. The molecule has 0 aliphatic carbocycles. The van der Waals surface area contributed by atoms with Crippen LogP contribution in [0.15, 0.2) is 101 Å². The van der Waals surface area contributed by atoms with Gasteiger partial charge in [-0.05, 0) is 42.7 Å². The van der Waals surface area contributed by atoms with E-state index in [9.17, 15) is 0 Å². The third-order valence-corrected chi connectivity index (χ3v) is 6.78. The van der Waals surface area contributed by atoms with E-state index in [1.54, 1.807) is 11.8 Å². The fourth-order valence-electron chi connectivity index (χ4n) is 3.56. The van der Waals surface area contributed by atoms with Gasteiger partial charge < -0.3 is 4.90 Å². The maximum atomic E-state index is 5.04. The van der Waals surface area contributed by atoms with Gasteiger partial charge in [-0.1, -0.05) is 97.5 Å². The fourth-order valence-corrected chi connectivity index (χ4v) is 4.96. The van der Waals surface area contributed by atoms with E-state index in [0.717, 1.165) is 23.8 Å². The van der Waals surface area contributed by atoms with Crippen LogP contribution in [0.2, 0.25) is 0 Å². The maximum absolute atomic E-state index is 5.04. The van der Waals surface area contributed by atoms with Gasteiger partial charge >= 0.3 is 0 Å². The Morgan fingerprint density at radius 2 is 1.45 bits per heavy atom. The molecule has 0 bridgehead atoms. The molecule has 1 fully saturated rings. The second kappa shape index (κ2) is 8.71. The molecular formula is C26H26N2S. The molecule has 0 radical (unpaired) electrons. The predicted octanol–water partition coefficient (Wildman–Crippen LogP) is 7.13. The molecule has 3 aromatic carbocycles. The molecule has 4 rings (SSSR count). The van der Waals surface area contributed by atoms with Crippen molar-refractivity contribution in [2.45, 2.75) is 32.4 Å². The molecule has 3 aromatic rings. The Labute approximate surface area is 178 Å². The number of para-hydroxylation sites is 1. The van der Waals surface area contributed by atoms with E-state index in [0.29, 0.717) is 0 Å². The largest absolute Gasteiger partial charge is 0.337 e. The standard InChI is InChI=1S/C26H26N2S/c1-3-26(2)24(19-21-13-7-4-8-14-21)29-25(27-23-17-11-6-12-18-23)28(26)20-22-15-9-5-10-16-22/h4-19H,3,20H2,1-2H3/b24-19-,27-25?. The molecule has 1 aliphatic heterocycles. The summed E-state index contributed by atoms with van der Waals surface area (Å²) < 4.78 is 0. The van der Waals surface area contributed by atoms with Crippen molar-refractivity contribution in [2.24, 2.45) is 4.99 Å². The van der Waals surface area contributed by atoms with Gasteiger partial charge in [0.05, 0.1) is 11.2 Å². The molecular weight excluding hydrogens is 372 g/mol. The minimum Gasteiger partial charge on any atom is -0.337 e. The quantitative estimate of drug-likeness (QED) is 0.454. The van der Waals surface area contributed by atoms with Crippen molar-refractivity contribution >= 4 is 28.7 Å². The third-order valence-electron chi connectivity index (χ3n) is 5.51. The molecule has 1 heterocycles. The first-order chi connectivity index (χ1) is 14.2. The van der Waals surface area contributed by atoms with Gasteiger partial charge in [-0.25, -0.2) is 4.99 Å². The average molecular weight is 399 g/mol. The summed E-state index contributed by atoms with van der Waals surface area (Å²) >= 11 is 1.80. The first kappa shape index (κ1) is 19.5. The van der Waals surface area contributed by atoms with Crippen LogP contribution in [-0.2, 0) is 6.54 Å². The van der Waals surface area contributed by atoms with Crippen LogP contribution >= 0.6 is 11.8 Å². The van der Waals surface area contributed by atoms with Gasteiger partial charge in [-0.15, -0.1) is 0 Å². The number of benzene rings is 3. The minimum atomic E-state index is -0.0933. The molecule has 0 saturated carbocycles. The summed E-state index contributed by atoms with van der Waals surface area (Å²) in [6.07, 6.45) is 3.33. The number of nitrogens with zero attached hydrogens (tertiary/aromatic N) is 2. The van der Waals surface area contributed by atoms with Gasteiger partial charge in [0.15, 0.2) is 5.17 Å². The van der Waals surface area contributed by atoms with Crippen LogP contribution in [0.5, 0.6) is 0 Å². The number of hydrogen-bond acceptors (Lipinski definition) is 2. The van der Waals surface area contributed by atoms with Crippen LogP contribution in [0.4, 0.5) is 5.69 Å². The van der Waals surface area contributed by atoms with Crippen molar-refractivity contribution < 1.29 is 0 Å². The lowest BCUT2D eigenvalue weighted by molar-refractivity contribution is 0.242. The highest BCUT2D eigenvalue weighted by molar-refractivity contribution is 8.17. The van der Waals surface area contributed by atoms with E-state index in [1.165, 1.54) is 16.0 Å². The number of thioether (sulfide) groups is 1. The molecule has 1 atom stereocenters. The molecule has 0 spiro atoms. The molecule has 0 aromatic heterocycles. The summed E-state index contributed by atoms with van der Waals surface area (Å²) in [5.74, 6) is 0. The summed E-state index contributed by atoms with van der Waals surface area (Å²) in [5, 5.41) is 1.06. The van der Waals surface area contributed by atoms with Crippen LogP contribution in [0.3, 0.4) is 0 Å².